The van der Waals surface area contributed by atoms with Crippen LogP contribution < -0.4 is 20.5 Å². The molecular weight excluding hydrogens is 401 g/mol. The highest BCUT2D eigenvalue weighted by Crippen LogP contribution is 2.21. The standard InChI is InChI=1S/C19H22FN3O5S/c1-11(2)28-15-6-4-14(5-7-15)23-29(26,27)10-18(24)22-17-9-13(19(21)25)8-16(20)12(17)3/h4-9,11,23H,10H2,1-3H3,(H2,21,25)(H,22,24). The van der Waals surface area contributed by atoms with Gasteiger partial charge in [-0.15, -0.1) is 0 Å². The highest BCUT2D eigenvalue weighted by Gasteiger charge is 2.19. The zero-order chi connectivity index (χ0) is 21.8. The van der Waals surface area contributed by atoms with Crippen molar-refractivity contribution in [2.45, 2.75) is 26.9 Å². The van der Waals surface area contributed by atoms with Crippen LogP contribution in [0.3, 0.4) is 0 Å². The fourth-order valence-corrected chi connectivity index (χ4v) is 3.38. The Labute approximate surface area is 168 Å². The predicted octanol–water partition coefficient (Wildman–Crippen LogP) is 2.40. The first-order valence-corrected chi connectivity index (χ1v) is 10.3. The van der Waals surface area contributed by atoms with Crippen molar-refractivity contribution in [1.82, 2.24) is 0 Å². The first-order chi connectivity index (χ1) is 13.5. The molecule has 0 heterocycles. The molecule has 0 aliphatic heterocycles. The molecule has 8 nitrogen and oxygen atoms in total. The van der Waals surface area contributed by atoms with Crippen LogP contribution in [0.15, 0.2) is 36.4 Å². The number of anilines is 2. The van der Waals surface area contributed by atoms with E-state index in [-0.39, 0.29) is 28.6 Å². The first kappa shape index (κ1) is 22.2. The fourth-order valence-electron chi connectivity index (χ4n) is 2.40. The molecule has 0 aromatic heterocycles. The second kappa shape index (κ2) is 8.91. The summed E-state index contributed by atoms with van der Waals surface area (Å²) < 4.78 is 46.1. The van der Waals surface area contributed by atoms with Crippen molar-refractivity contribution in [3.8, 4) is 5.75 Å². The Morgan fingerprint density at radius 2 is 1.79 bits per heavy atom. The van der Waals surface area contributed by atoms with Gasteiger partial charge in [-0.1, -0.05) is 0 Å². The Morgan fingerprint density at radius 1 is 1.17 bits per heavy atom. The second-order valence-electron chi connectivity index (χ2n) is 6.60. The quantitative estimate of drug-likeness (QED) is 0.601. The van der Waals surface area contributed by atoms with Crippen LogP contribution in [-0.4, -0.2) is 32.1 Å². The summed E-state index contributed by atoms with van der Waals surface area (Å²) in [6.45, 7) is 5.10. The number of halogens is 1. The van der Waals surface area contributed by atoms with Crippen molar-refractivity contribution < 1.29 is 27.1 Å². The number of ether oxygens (including phenoxy) is 1. The molecule has 2 rings (SSSR count). The smallest absolute Gasteiger partial charge is 0.248 e. The van der Waals surface area contributed by atoms with E-state index in [0.717, 1.165) is 6.07 Å². The molecule has 29 heavy (non-hydrogen) atoms. The lowest BCUT2D eigenvalue weighted by Crippen LogP contribution is -2.28. The van der Waals surface area contributed by atoms with Crippen molar-refractivity contribution in [2.24, 2.45) is 5.73 Å². The average Bonchev–Trinajstić information content (AvgIpc) is 2.59. The van der Waals surface area contributed by atoms with E-state index >= 15 is 0 Å². The minimum absolute atomic E-state index is 0.0254. The predicted molar refractivity (Wildman–Crippen MR) is 108 cm³/mol. The molecule has 0 atom stereocenters. The van der Waals surface area contributed by atoms with Crippen LogP contribution in [0.5, 0.6) is 5.75 Å². The summed E-state index contributed by atoms with van der Waals surface area (Å²) in [6.07, 6.45) is -0.0254. The fraction of sp³-hybridized carbons (Fsp3) is 0.263. The molecule has 0 saturated heterocycles. The van der Waals surface area contributed by atoms with Gasteiger partial charge in [0.2, 0.25) is 21.8 Å². The van der Waals surface area contributed by atoms with E-state index in [9.17, 15) is 22.4 Å². The Morgan fingerprint density at radius 3 is 2.34 bits per heavy atom. The molecule has 0 spiro atoms. The van der Waals surface area contributed by atoms with Crippen LogP contribution in [0.2, 0.25) is 0 Å². The highest BCUT2D eigenvalue weighted by atomic mass is 32.2. The molecule has 4 N–H and O–H groups in total. The third-order valence-corrected chi connectivity index (χ3v) is 4.91. The molecule has 2 amide bonds. The number of nitrogens with one attached hydrogen (secondary N) is 2. The molecule has 2 aromatic rings. The lowest BCUT2D eigenvalue weighted by atomic mass is 10.1. The van der Waals surface area contributed by atoms with Gasteiger partial charge in [-0.2, -0.15) is 0 Å². The highest BCUT2D eigenvalue weighted by molar-refractivity contribution is 7.93. The third-order valence-electron chi connectivity index (χ3n) is 3.72. The number of hydrogen-bond acceptors (Lipinski definition) is 5. The second-order valence-corrected chi connectivity index (χ2v) is 8.32. The summed E-state index contributed by atoms with van der Waals surface area (Å²) in [7, 11) is -4.03. The number of nitrogens with two attached hydrogens (primary N) is 1. The van der Waals surface area contributed by atoms with E-state index in [2.05, 4.69) is 10.0 Å². The maximum atomic E-state index is 13.9. The van der Waals surface area contributed by atoms with Crippen LogP contribution in [0.4, 0.5) is 15.8 Å². The lowest BCUT2D eigenvalue weighted by molar-refractivity contribution is -0.113. The van der Waals surface area contributed by atoms with E-state index in [1.165, 1.54) is 25.1 Å². The van der Waals surface area contributed by atoms with Crippen LogP contribution in [0, 0.1) is 12.7 Å². The summed E-state index contributed by atoms with van der Waals surface area (Å²) >= 11 is 0. The summed E-state index contributed by atoms with van der Waals surface area (Å²) in [5.41, 5.74) is 5.25. The third kappa shape index (κ3) is 6.46. The molecule has 0 saturated carbocycles. The van der Waals surface area contributed by atoms with Crippen molar-refractivity contribution in [3.63, 3.8) is 0 Å². The van der Waals surface area contributed by atoms with Gasteiger partial charge in [-0.3, -0.25) is 14.3 Å². The van der Waals surface area contributed by atoms with Gasteiger partial charge >= 0.3 is 0 Å². The first-order valence-electron chi connectivity index (χ1n) is 8.64. The van der Waals surface area contributed by atoms with E-state index in [1.807, 2.05) is 13.8 Å². The molecule has 0 fully saturated rings. The summed E-state index contributed by atoms with van der Waals surface area (Å²) in [6, 6.07) is 8.33. The molecule has 2 aromatic carbocycles. The zero-order valence-corrected chi connectivity index (χ0v) is 17.0. The number of primary amides is 1. The Balaban J connectivity index is 2.07. The Hall–Kier alpha value is -3.14. The number of amides is 2. The molecule has 0 aliphatic carbocycles. The van der Waals surface area contributed by atoms with Gasteiger partial charge < -0.3 is 15.8 Å². The summed E-state index contributed by atoms with van der Waals surface area (Å²) in [5, 5.41) is 2.29. The van der Waals surface area contributed by atoms with Crippen LogP contribution >= 0.6 is 0 Å². The van der Waals surface area contributed by atoms with Crippen molar-refractivity contribution >= 4 is 33.2 Å². The Kier molecular flexibility index (Phi) is 6.80. The number of hydrogen-bond donors (Lipinski definition) is 3. The topological polar surface area (TPSA) is 128 Å². The van der Waals surface area contributed by atoms with E-state index in [0.29, 0.717) is 5.75 Å². The number of benzene rings is 2. The normalized spacial score (nSPS) is 11.2. The maximum absolute atomic E-state index is 13.9. The summed E-state index contributed by atoms with van der Waals surface area (Å²) in [4.78, 5) is 23.4. The van der Waals surface area contributed by atoms with Gasteiger partial charge in [0, 0.05) is 22.5 Å². The molecule has 0 aliphatic rings. The summed E-state index contributed by atoms with van der Waals surface area (Å²) in [5.74, 6) is -2.85. The number of carbonyl (C=O) groups is 2. The van der Waals surface area contributed by atoms with E-state index in [1.54, 1.807) is 12.1 Å². The van der Waals surface area contributed by atoms with E-state index < -0.39 is 33.4 Å². The van der Waals surface area contributed by atoms with Crippen molar-refractivity contribution in [1.29, 1.82) is 0 Å². The van der Waals surface area contributed by atoms with Crippen molar-refractivity contribution in [3.05, 3.63) is 53.3 Å². The van der Waals surface area contributed by atoms with Gasteiger partial charge in [0.15, 0.2) is 0 Å². The maximum Gasteiger partial charge on any atom is 0.248 e. The van der Waals surface area contributed by atoms with Gasteiger partial charge in [0.05, 0.1) is 6.10 Å². The SMILES string of the molecule is Cc1c(F)cc(C(N)=O)cc1NC(=O)CS(=O)(=O)Nc1ccc(OC(C)C)cc1. The largest absolute Gasteiger partial charge is 0.491 e. The van der Waals surface area contributed by atoms with Crippen LogP contribution in [-0.2, 0) is 14.8 Å². The van der Waals surface area contributed by atoms with E-state index in [4.69, 9.17) is 10.5 Å². The van der Waals surface area contributed by atoms with Crippen molar-refractivity contribution in [2.75, 3.05) is 15.8 Å². The van der Waals surface area contributed by atoms with Gasteiger partial charge in [0.25, 0.3) is 0 Å². The molecule has 0 unspecified atom stereocenters. The molecule has 156 valence electrons. The molecular formula is C19H22FN3O5S. The monoisotopic (exact) mass is 423 g/mol. The van der Waals surface area contributed by atoms with Crippen LogP contribution in [0.25, 0.3) is 0 Å². The minimum Gasteiger partial charge on any atom is -0.491 e. The van der Waals surface area contributed by atoms with Gasteiger partial charge in [0.1, 0.15) is 17.3 Å². The molecule has 0 bridgehead atoms. The number of rotatable bonds is 8. The Bertz CT molecular complexity index is 1020. The minimum atomic E-state index is -4.03. The van der Waals surface area contributed by atoms with Crippen LogP contribution in [0.1, 0.15) is 29.8 Å². The van der Waals surface area contributed by atoms with Gasteiger partial charge in [-0.25, -0.2) is 12.8 Å². The zero-order valence-electron chi connectivity index (χ0n) is 16.2. The number of carbonyl (C=O) groups excluding carboxylic acids is 2. The average molecular weight is 423 g/mol. The number of sulfonamides is 1. The molecule has 10 heteroatoms. The van der Waals surface area contributed by atoms with Gasteiger partial charge in [-0.05, 0) is 57.2 Å². The lowest BCUT2D eigenvalue weighted by Gasteiger charge is -2.13. The molecule has 0 radical (unpaired) electrons.